The van der Waals surface area contributed by atoms with Crippen molar-refractivity contribution < 1.29 is 19.4 Å². The van der Waals surface area contributed by atoms with Crippen LogP contribution in [-0.2, 0) is 9.47 Å². The zero-order valence-electron chi connectivity index (χ0n) is 10.7. The van der Waals surface area contributed by atoms with Crippen LogP contribution in [0.25, 0.3) is 0 Å². The summed E-state index contributed by atoms with van der Waals surface area (Å²) >= 11 is 1.66. The Morgan fingerprint density at radius 2 is 2.16 bits per heavy atom. The van der Waals surface area contributed by atoms with E-state index < -0.39 is 5.97 Å². The molecule has 0 radical (unpaired) electrons. The number of benzene rings is 1. The van der Waals surface area contributed by atoms with Crippen LogP contribution in [0.3, 0.4) is 0 Å². The van der Waals surface area contributed by atoms with Gasteiger partial charge in [-0.3, -0.25) is 0 Å². The zero-order chi connectivity index (χ0) is 13.5. The SMILES string of the molecule is O=C(O)c1ccc(SCCOC2CCCCO2)cc1. The lowest BCUT2D eigenvalue weighted by Gasteiger charge is -2.22. The molecule has 0 aliphatic carbocycles. The van der Waals surface area contributed by atoms with Gasteiger partial charge in [0.2, 0.25) is 0 Å². The Morgan fingerprint density at radius 3 is 2.79 bits per heavy atom. The second kappa shape index (κ2) is 7.53. The first-order valence-electron chi connectivity index (χ1n) is 6.45. The van der Waals surface area contributed by atoms with E-state index in [9.17, 15) is 4.79 Å². The molecule has 1 fully saturated rings. The van der Waals surface area contributed by atoms with E-state index in [1.807, 2.05) is 12.1 Å². The average Bonchev–Trinajstić information content (AvgIpc) is 2.45. The van der Waals surface area contributed by atoms with Crippen LogP contribution in [0.4, 0.5) is 0 Å². The Labute approximate surface area is 117 Å². The quantitative estimate of drug-likeness (QED) is 0.642. The van der Waals surface area contributed by atoms with E-state index in [1.165, 1.54) is 6.42 Å². The van der Waals surface area contributed by atoms with Gasteiger partial charge in [0.25, 0.3) is 0 Å². The summed E-state index contributed by atoms with van der Waals surface area (Å²) in [4.78, 5) is 11.8. The summed E-state index contributed by atoms with van der Waals surface area (Å²) in [5.74, 6) is -0.0546. The molecule has 1 heterocycles. The molecule has 1 atom stereocenters. The van der Waals surface area contributed by atoms with E-state index in [0.717, 1.165) is 30.1 Å². The maximum Gasteiger partial charge on any atom is 0.335 e. The summed E-state index contributed by atoms with van der Waals surface area (Å²) < 4.78 is 11.1. The lowest BCUT2D eigenvalue weighted by atomic mass is 10.2. The van der Waals surface area contributed by atoms with Crippen molar-refractivity contribution >= 4 is 17.7 Å². The molecule has 0 spiro atoms. The Hall–Kier alpha value is -1.04. The summed E-state index contributed by atoms with van der Waals surface area (Å²) in [6.07, 6.45) is 3.25. The third-order valence-corrected chi connectivity index (χ3v) is 3.87. The molecule has 1 aliphatic rings. The van der Waals surface area contributed by atoms with Gasteiger partial charge in [-0.2, -0.15) is 0 Å². The van der Waals surface area contributed by atoms with Gasteiger partial charge in [0.1, 0.15) is 0 Å². The number of hydrogen-bond acceptors (Lipinski definition) is 4. The molecule has 19 heavy (non-hydrogen) atoms. The van der Waals surface area contributed by atoms with E-state index in [4.69, 9.17) is 14.6 Å². The van der Waals surface area contributed by atoms with Gasteiger partial charge < -0.3 is 14.6 Å². The second-order valence-electron chi connectivity index (χ2n) is 4.34. The molecule has 1 saturated heterocycles. The van der Waals surface area contributed by atoms with Gasteiger partial charge in [0.05, 0.1) is 12.2 Å². The fourth-order valence-electron chi connectivity index (χ4n) is 1.88. The van der Waals surface area contributed by atoms with Crippen LogP contribution in [0.15, 0.2) is 29.2 Å². The highest BCUT2D eigenvalue weighted by atomic mass is 32.2. The van der Waals surface area contributed by atoms with E-state index >= 15 is 0 Å². The fourth-order valence-corrected chi connectivity index (χ4v) is 2.62. The standard InChI is InChI=1S/C14H18O4S/c15-14(16)11-4-6-12(7-5-11)19-10-9-18-13-3-1-2-8-17-13/h4-7,13H,1-3,8-10H2,(H,15,16). The van der Waals surface area contributed by atoms with Crippen LogP contribution in [0.2, 0.25) is 0 Å². The van der Waals surface area contributed by atoms with Gasteiger partial charge in [0, 0.05) is 17.3 Å². The first kappa shape index (κ1) is 14.4. The van der Waals surface area contributed by atoms with Crippen LogP contribution in [0, 0.1) is 0 Å². The van der Waals surface area contributed by atoms with Crippen molar-refractivity contribution in [1.29, 1.82) is 0 Å². The van der Waals surface area contributed by atoms with Crippen molar-refractivity contribution in [3.05, 3.63) is 29.8 Å². The molecule has 4 nitrogen and oxygen atoms in total. The van der Waals surface area contributed by atoms with Gasteiger partial charge in [-0.25, -0.2) is 4.79 Å². The second-order valence-corrected chi connectivity index (χ2v) is 5.51. The van der Waals surface area contributed by atoms with Gasteiger partial charge in [0.15, 0.2) is 6.29 Å². The van der Waals surface area contributed by atoms with E-state index in [-0.39, 0.29) is 6.29 Å². The van der Waals surface area contributed by atoms with Crippen LogP contribution in [0.5, 0.6) is 0 Å². The van der Waals surface area contributed by atoms with E-state index in [0.29, 0.717) is 12.2 Å². The highest BCUT2D eigenvalue weighted by molar-refractivity contribution is 7.99. The largest absolute Gasteiger partial charge is 0.478 e. The minimum atomic E-state index is -0.894. The predicted molar refractivity (Wildman–Crippen MR) is 73.7 cm³/mol. The van der Waals surface area contributed by atoms with Crippen molar-refractivity contribution in [3.63, 3.8) is 0 Å². The molecule has 0 bridgehead atoms. The van der Waals surface area contributed by atoms with Crippen LogP contribution in [0.1, 0.15) is 29.6 Å². The number of rotatable bonds is 6. The minimum absolute atomic E-state index is 0.0382. The van der Waals surface area contributed by atoms with Crippen LogP contribution >= 0.6 is 11.8 Å². The maximum atomic E-state index is 10.7. The molecular weight excluding hydrogens is 264 g/mol. The third kappa shape index (κ3) is 4.86. The van der Waals surface area contributed by atoms with E-state index in [1.54, 1.807) is 23.9 Å². The van der Waals surface area contributed by atoms with Crippen molar-refractivity contribution in [2.75, 3.05) is 19.0 Å². The number of carboxylic acid groups (broad SMARTS) is 1. The summed E-state index contributed by atoms with van der Waals surface area (Å²) in [6, 6.07) is 6.89. The normalized spacial score (nSPS) is 19.3. The molecule has 104 valence electrons. The first-order valence-corrected chi connectivity index (χ1v) is 7.43. The summed E-state index contributed by atoms with van der Waals surface area (Å²) in [5, 5.41) is 8.79. The molecule has 1 aliphatic heterocycles. The van der Waals surface area contributed by atoms with Crippen molar-refractivity contribution in [3.8, 4) is 0 Å². The van der Waals surface area contributed by atoms with Gasteiger partial charge in [-0.05, 0) is 43.5 Å². The summed E-state index contributed by atoms with van der Waals surface area (Å²) in [7, 11) is 0. The topological polar surface area (TPSA) is 55.8 Å². The van der Waals surface area contributed by atoms with Crippen LogP contribution < -0.4 is 0 Å². The fraction of sp³-hybridized carbons (Fsp3) is 0.500. The number of carbonyl (C=O) groups is 1. The monoisotopic (exact) mass is 282 g/mol. The average molecular weight is 282 g/mol. The lowest BCUT2D eigenvalue weighted by molar-refractivity contribution is -0.158. The lowest BCUT2D eigenvalue weighted by Crippen LogP contribution is -2.23. The molecule has 5 heteroatoms. The molecule has 0 aromatic heterocycles. The Morgan fingerprint density at radius 1 is 1.37 bits per heavy atom. The molecule has 2 rings (SSSR count). The summed E-state index contributed by atoms with van der Waals surface area (Å²) in [6.45, 7) is 1.45. The maximum absolute atomic E-state index is 10.7. The van der Waals surface area contributed by atoms with Crippen LogP contribution in [-0.4, -0.2) is 36.3 Å². The molecule has 1 aromatic rings. The highest BCUT2D eigenvalue weighted by Crippen LogP contribution is 2.19. The Kier molecular flexibility index (Phi) is 5.69. The minimum Gasteiger partial charge on any atom is -0.478 e. The van der Waals surface area contributed by atoms with Crippen molar-refractivity contribution in [2.45, 2.75) is 30.4 Å². The Bertz CT molecular complexity index is 398. The number of hydrogen-bond donors (Lipinski definition) is 1. The Balaban J connectivity index is 1.66. The summed E-state index contributed by atoms with van der Waals surface area (Å²) in [5.41, 5.74) is 0.316. The molecule has 0 saturated carbocycles. The van der Waals surface area contributed by atoms with Crippen molar-refractivity contribution in [1.82, 2.24) is 0 Å². The molecule has 0 amide bonds. The first-order chi connectivity index (χ1) is 9.25. The number of ether oxygens (including phenoxy) is 2. The van der Waals surface area contributed by atoms with Gasteiger partial charge in [-0.15, -0.1) is 11.8 Å². The highest BCUT2D eigenvalue weighted by Gasteiger charge is 2.13. The number of carboxylic acids is 1. The smallest absolute Gasteiger partial charge is 0.335 e. The van der Waals surface area contributed by atoms with Crippen molar-refractivity contribution in [2.24, 2.45) is 0 Å². The third-order valence-electron chi connectivity index (χ3n) is 2.89. The van der Waals surface area contributed by atoms with E-state index in [2.05, 4.69) is 0 Å². The van der Waals surface area contributed by atoms with Gasteiger partial charge in [-0.1, -0.05) is 0 Å². The van der Waals surface area contributed by atoms with Gasteiger partial charge >= 0.3 is 5.97 Å². The predicted octanol–water partition coefficient (Wildman–Crippen LogP) is 3.02. The number of thioether (sulfide) groups is 1. The number of aromatic carboxylic acids is 1. The molecule has 1 N–H and O–H groups in total. The molecule has 1 aromatic carbocycles. The molecule has 1 unspecified atom stereocenters. The zero-order valence-corrected chi connectivity index (χ0v) is 11.5. The molecular formula is C14H18O4S.